The van der Waals surface area contributed by atoms with E-state index in [0.717, 1.165) is 0 Å². The highest BCUT2D eigenvalue weighted by Gasteiger charge is 2.13. The van der Waals surface area contributed by atoms with Crippen LogP contribution in [-0.2, 0) is 6.17 Å². The number of aromatic nitrogens is 1. The summed E-state index contributed by atoms with van der Waals surface area (Å²) in [7, 11) is 0.0147. The molecule has 0 radical (unpaired) electrons. The first-order chi connectivity index (χ1) is 9.40. The largest absolute Gasteiger partial charge is 0.344 e. The van der Waals surface area contributed by atoms with E-state index in [1.807, 2.05) is 0 Å². The molecule has 0 atom stereocenters. The third-order valence-electron chi connectivity index (χ3n) is 4.16. The van der Waals surface area contributed by atoms with E-state index in [9.17, 15) is 0 Å². The summed E-state index contributed by atoms with van der Waals surface area (Å²) in [6, 6.07) is 19.3. The Morgan fingerprint density at radius 3 is 1.95 bits per heavy atom. The number of hydrogen-bond donors (Lipinski definition) is 0. The number of nitrogens with zero attached hydrogens (tertiary/aromatic N) is 1. The Bertz CT molecular complexity index is 792. The number of rotatable bonds is 3. The van der Waals surface area contributed by atoms with Crippen LogP contribution in [0.2, 0.25) is 6.04 Å². The summed E-state index contributed by atoms with van der Waals surface area (Å²) >= 11 is 0. The quantitative estimate of drug-likeness (QED) is 0.389. The van der Waals surface area contributed by atoms with E-state index < -0.39 is 0 Å². The molecule has 19 heavy (non-hydrogen) atoms. The van der Waals surface area contributed by atoms with Crippen molar-refractivity contribution >= 4 is 42.1 Å². The van der Waals surface area contributed by atoms with Gasteiger partial charge in [-0.3, -0.25) is 0 Å². The molecule has 3 aromatic carbocycles. The van der Waals surface area contributed by atoms with Crippen molar-refractivity contribution in [1.82, 2.24) is 4.57 Å². The van der Waals surface area contributed by atoms with Crippen LogP contribution >= 0.6 is 0 Å². The van der Waals surface area contributed by atoms with Gasteiger partial charge in [-0.1, -0.05) is 49.4 Å². The van der Waals surface area contributed by atoms with Gasteiger partial charge in [0.25, 0.3) is 0 Å². The van der Waals surface area contributed by atoms with Crippen LogP contribution in [0.4, 0.5) is 0 Å². The van der Waals surface area contributed by atoms with Crippen molar-refractivity contribution in [1.29, 1.82) is 0 Å². The second-order valence-corrected chi connectivity index (χ2v) is 7.48. The van der Waals surface area contributed by atoms with Gasteiger partial charge >= 0.3 is 0 Å². The van der Waals surface area contributed by atoms with Gasteiger partial charge in [-0.2, -0.15) is 0 Å². The van der Waals surface area contributed by atoms with E-state index in [1.54, 1.807) is 0 Å². The maximum absolute atomic E-state index is 2.56. The van der Waals surface area contributed by atoms with Crippen molar-refractivity contribution in [3.63, 3.8) is 0 Å². The van der Waals surface area contributed by atoms with Crippen molar-refractivity contribution < 1.29 is 0 Å². The van der Waals surface area contributed by atoms with Gasteiger partial charge in [0.2, 0.25) is 0 Å². The molecule has 0 spiro atoms. The molecule has 0 aliphatic rings. The maximum Gasteiger partial charge on any atom is 0.0494 e. The Morgan fingerprint density at radius 2 is 1.42 bits per heavy atom. The van der Waals surface area contributed by atoms with Gasteiger partial charge in [0.1, 0.15) is 0 Å². The van der Waals surface area contributed by atoms with Crippen molar-refractivity contribution in [2.75, 3.05) is 0 Å². The van der Waals surface area contributed by atoms with Crippen LogP contribution < -0.4 is 0 Å². The fraction of sp³-hybridized carbons (Fsp3) is 0.176. The highest BCUT2D eigenvalue weighted by Crippen LogP contribution is 2.36. The Labute approximate surface area is 115 Å². The molecule has 0 bridgehead atoms. The van der Waals surface area contributed by atoms with Crippen LogP contribution in [-0.4, -0.2) is 14.1 Å². The smallest absolute Gasteiger partial charge is 0.0494 e. The highest BCUT2D eigenvalue weighted by molar-refractivity contribution is 6.34. The molecule has 1 aromatic heterocycles. The van der Waals surface area contributed by atoms with E-state index in [1.165, 1.54) is 44.8 Å². The Kier molecular flexibility index (Phi) is 2.39. The normalized spacial score (nSPS) is 12.7. The van der Waals surface area contributed by atoms with E-state index in [4.69, 9.17) is 0 Å². The lowest BCUT2D eigenvalue weighted by molar-refractivity contribution is 0.957. The predicted octanol–water partition coefficient (Wildman–Crippen LogP) is 3.95. The van der Waals surface area contributed by atoms with Gasteiger partial charge in [0.15, 0.2) is 0 Å². The van der Waals surface area contributed by atoms with Crippen LogP contribution in [0.1, 0.15) is 6.92 Å². The molecule has 0 fully saturated rings. The van der Waals surface area contributed by atoms with Crippen LogP contribution in [0.15, 0.2) is 48.5 Å². The third kappa shape index (κ3) is 1.47. The molecule has 94 valence electrons. The zero-order chi connectivity index (χ0) is 12.8. The lowest BCUT2D eigenvalue weighted by atomic mass is 10.0. The monoisotopic (exact) mass is 263 g/mol. The molecule has 0 amide bonds. The van der Waals surface area contributed by atoms with Crippen molar-refractivity contribution in [2.24, 2.45) is 0 Å². The lowest BCUT2D eigenvalue weighted by Crippen LogP contribution is -2.03. The summed E-state index contributed by atoms with van der Waals surface area (Å²) in [5.41, 5.74) is 2.84. The first-order valence-corrected chi connectivity index (χ1v) is 9.12. The minimum absolute atomic E-state index is 0.0147. The zero-order valence-electron chi connectivity index (χ0n) is 11.2. The summed E-state index contributed by atoms with van der Waals surface area (Å²) in [5, 5.41) is 5.66. The minimum Gasteiger partial charge on any atom is -0.344 e. The van der Waals surface area contributed by atoms with E-state index in [2.05, 4.69) is 60.0 Å². The summed E-state index contributed by atoms with van der Waals surface area (Å²) in [6.07, 6.45) is 1.25. The zero-order valence-corrected chi connectivity index (χ0v) is 12.6. The molecule has 0 aliphatic carbocycles. The molecule has 0 aliphatic heterocycles. The molecular formula is C17H17NSi. The molecule has 0 saturated carbocycles. The molecular weight excluding hydrogens is 246 g/mol. The first kappa shape index (κ1) is 11.1. The minimum atomic E-state index is 0.0147. The second-order valence-electron chi connectivity index (χ2n) is 5.32. The maximum atomic E-state index is 2.56. The molecule has 4 rings (SSSR count). The highest BCUT2D eigenvalue weighted by atomic mass is 28.2. The van der Waals surface area contributed by atoms with Crippen LogP contribution in [0.25, 0.3) is 32.6 Å². The Hall–Kier alpha value is -1.80. The molecule has 1 heterocycles. The summed E-state index contributed by atoms with van der Waals surface area (Å²) in [4.78, 5) is 0. The molecule has 1 nitrogen and oxygen atoms in total. The number of benzene rings is 3. The number of hydrogen-bond acceptors (Lipinski definition) is 0. The fourth-order valence-corrected chi connectivity index (χ4v) is 4.37. The topological polar surface area (TPSA) is 4.93 Å². The summed E-state index contributed by atoms with van der Waals surface area (Å²) in [6.45, 7) is 2.32. The Morgan fingerprint density at radius 1 is 0.842 bits per heavy atom. The van der Waals surface area contributed by atoms with E-state index >= 15 is 0 Å². The van der Waals surface area contributed by atoms with Crippen molar-refractivity contribution in [2.45, 2.75) is 19.1 Å². The third-order valence-corrected chi connectivity index (χ3v) is 5.63. The van der Waals surface area contributed by atoms with Gasteiger partial charge in [-0.15, -0.1) is 0 Å². The molecule has 0 saturated heterocycles. The SMILES string of the molecule is CC[SiH2]Cn1c2cccc3ccc4cccc1c4c32. The first-order valence-electron chi connectivity index (χ1n) is 7.12. The van der Waals surface area contributed by atoms with Crippen LogP contribution in [0.5, 0.6) is 0 Å². The van der Waals surface area contributed by atoms with Crippen LogP contribution in [0, 0.1) is 0 Å². The van der Waals surface area contributed by atoms with Crippen molar-refractivity contribution in [3.05, 3.63) is 48.5 Å². The van der Waals surface area contributed by atoms with Crippen molar-refractivity contribution in [3.8, 4) is 0 Å². The summed E-state index contributed by atoms with van der Waals surface area (Å²) in [5.74, 6) is 0. The van der Waals surface area contributed by atoms with E-state index in [0.29, 0.717) is 0 Å². The molecule has 0 unspecified atom stereocenters. The molecule has 0 N–H and O–H groups in total. The molecule has 2 heteroatoms. The van der Waals surface area contributed by atoms with Gasteiger partial charge in [-0.25, -0.2) is 0 Å². The fourth-order valence-electron chi connectivity index (χ4n) is 3.25. The second kappa shape index (κ2) is 4.10. The molecule has 4 aromatic rings. The van der Waals surface area contributed by atoms with Gasteiger partial charge in [0, 0.05) is 37.5 Å². The predicted molar refractivity (Wildman–Crippen MR) is 87.2 cm³/mol. The van der Waals surface area contributed by atoms with Crippen LogP contribution in [0.3, 0.4) is 0 Å². The average Bonchev–Trinajstić information content (AvgIpc) is 2.79. The van der Waals surface area contributed by atoms with E-state index in [-0.39, 0.29) is 9.52 Å². The standard InChI is InChI=1S/C17H17NSi/c1-2-19-11-18-14-7-3-5-12-9-10-13-6-4-8-15(18)17(13)16(12)14/h3-10H,2,11,19H2,1H3. The average molecular weight is 263 g/mol. The lowest BCUT2D eigenvalue weighted by Gasteiger charge is -2.05. The van der Waals surface area contributed by atoms with Gasteiger partial charge in [-0.05, 0) is 22.9 Å². The van der Waals surface area contributed by atoms with Gasteiger partial charge in [0.05, 0.1) is 0 Å². The Balaban J connectivity index is 2.21. The van der Waals surface area contributed by atoms with Gasteiger partial charge < -0.3 is 4.57 Å². The summed E-state index contributed by atoms with van der Waals surface area (Å²) < 4.78 is 2.56.